The van der Waals surface area contributed by atoms with Crippen LogP contribution >= 0.6 is 0 Å². The summed E-state index contributed by atoms with van der Waals surface area (Å²) in [6, 6.07) is -0.251. The molecule has 0 aromatic carbocycles. The molecular weight excluding hydrogens is 260 g/mol. The lowest BCUT2D eigenvalue weighted by Gasteiger charge is -2.30. The van der Waals surface area contributed by atoms with Gasteiger partial charge >= 0.3 is 12.0 Å². The van der Waals surface area contributed by atoms with Gasteiger partial charge in [-0.15, -0.1) is 0 Å². The number of aryl methyl sites for hydroxylation is 2. The Morgan fingerprint density at radius 1 is 1.55 bits per heavy atom. The minimum atomic E-state index is -0.835. The number of nitrogens with one attached hydrogen (secondary N) is 1. The zero-order valence-corrected chi connectivity index (χ0v) is 11.8. The SMILES string of the molecule is CCc1nn(C)cc1NC(=O)N1CCC[C@H](C(=O)O)C1. The third-order valence-corrected chi connectivity index (χ3v) is 3.54. The van der Waals surface area contributed by atoms with Gasteiger partial charge in [0.1, 0.15) is 0 Å². The Bertz CT molecular complexity index is 512. The fourth-order valence-corrected chi connectivity index (χ4v) is 2.46. The molecule has 110 valence electrons. The van der Waals surface area contributed by atoms with Crippen LogP contribution < -0.4 is 5.32 Å². The molecule has 2 heterocycles. The molecule has 0 radical (unpaired) electrons. The van der Waals surface area contributed by atoms with Crippen LogP contribution in [0, 0.1) is 5.92 Å². The van der Waals surface area contributed by atoms with Crippen molar-refractivity contribution in [1.29, 1.82) is 0 Å². The molecule has 2 N–H and O–H groups in total. The number of rotatable bonds is 3. The molecule has 20 heavy (non-hydrogen) atoms. The summed E-state index contributed by atoms with van der Waals surface area (Å²) in [6.45, 7) is 2.83. The second-order valence-electron chi connectivity index (χ2n) is 5.07. The van der Waals surface area contributed by atoms with Crippen LogP contribution in [0.3, 0.4) is 0 Å². The predicted octanol–water partition coefficient (Wildman–Crippen LogP) is 1.31. The summed E-state index contributed by atoms with van der Waals surface area (Å²) < 4.78 is 1.66. The van der Waals surface area contributed by atoms with Crippen LogP contribution in [-0.4, -0.2) is 44.9 Å². The van der Waals surface area contributed by atoms with Gasteiger partial charge in [-0.05, 0) is 19.3 Å². The van der Waals surface area contributed by atoms with E-state index in [9.17, 15) is 9.59 Å². The number of hydrogen-bond acceptors (Lipinski definition) is 3. The summed E-state index contributed by atoms with van der Waals surface area (Å²) in [6.07, 6.45) is 3.84. The van der Waals surface area contributed by atoms with E-state index in [0.717, 1.165) is 18.5 Å². The van der Waals surface area contributed by atoms with Crippen molar-refractivity contribution < 1.29 is 14.7 Å². The van der Waals surface area contributed by atoms with E-state index in [-0.39, 0.29) is 12.6 Å². The lowest BCUT2D eigenvalue weighted by molar-refractivity contribution is -0.143. The number of amides is 2. The van der Waals surface area contributed by atoms with Gasteiger partial charge in [-0.2, -0.15) is 5.10 Å². The summed E-state index contributed by atoms with van der Waals surface area (Å²) in [5, 5.41) is 16.1. The van der Waals surface area contributed by atoms with Crippen LogP contribution in [0.5, 0.6) is 0 Å². The van der Waals surface area contributed by atoms with Gasteiger partial charge in [0, 0.05) is 26.3 Å². The minimum Gasteiger partial charge on any atom is -0.481 e. The van der Waals surface area contributed by atoms with E-state index in [4.69, 9.17) is 5.11 Å². The largest absolute Gasteiger partial charge is 0.481 e. The topological polar surface area (TPSA) is 87.5 Å². The van der Waals surface area contributed by atoms with Gasteiger partial charge in [-0.3, -0.25) is 9.48 Å². The van der Waals surface area contributed by atoms with Crippen molar-refractivity contribution in [1.82, 2.24) is 14.7 Å². The summed E-state index contributed by atoms with van der Waals surface area (Å²) in [5.41, 5.74) is 1.52. The van der Waals surface area contributed by atoms with Gasteiger partial charge in [0.05, 0.1) is 17.3 Å². The molecule has 1 aromatic heterocycles. The average molecular weight is 280 g/mol. The maximum absolute atomic E-state index is 12.2. The second kappa shape index (κ2) is 5.94. The number of carbonyl (C=O) groups excluding carboxylic acids is 1. The fraction of sp³-hybridized carbons (Fsp3) is 0.615. The highest BCUT2D eigenvalue weighted by Gasteiger charge is 2.28. The van der Waals surface area contributed by atoms with E-state index in [2.05, 4.69) is 10.4 Å². The first-order chi connectivity index (χ1) is 9.51. The number of likely N-dealkylation sites (tertiary alicyclic amines) is 1. The first-order valence-corrected chi connectivity index (χ1v) is 6.82. The molecule has 0 bridgehead atoms. The standard InChI is InChI=1S/C13H20N4O3/c1-3-10-11(8-16(2)15-10)14-13(20)17-6-4-5-9(7-17)12(18)19/h8-9H,3-7H2,1-2H3,(H,14,20)(H,18,19)/t9-/m0/s1. The molecule has 2 amide bonds. The van der Waals surface area contributed by atoms with Crippen molar-refractivity contribution in [3.05, 3.63) is 11.9 Å². The molecule has 1 aliphatic rings. The Hall–Kier alpha value is -2.05. The number of aromatic nitrogens is 2. The second-order valence-corrected chi connectivity index (χ2v) is 5.07. The van der Waals surface area contributed by atoms with Gasteiger partial charge in [0.2, 0.25) is 0 Å². The molecule has 1 aromatic rings. The third kappa shape index (κ3) is 3.09. The van der Waals surface area contributed by atoms with Crippen molar-refractivity contribution in [3.8, 4) is 0 Å². The van der Waals surface area contributed by atoms with Gasteiger partial charge in [-0.1, -0.05) is 6.92 Å². The van der Waals surface area contributed by atoms with E-state index < -0.39 is 11.9 Å². The summed E-state index contributed by atoms with van der Waals surface area (Å²) in [5.74, 6) is -1.30. The van der Waals surface area contributed by atoms with E-state index in [1.807, 2.05) is 6.92 Å². The van der Waals surface area contributed by atoms with Crippen LogP contribution in [0.4, 0.5) is 10.5 Å². The van der Waals surface area contributed by atoms with Crippen molar-refractivity contribution in [2.75, 3.05) is 18.4 Å². The molecular formula is C13H20N4O3. The molecule has 1 fully saturated rings. The molecule has 0 spiro atoms. The van der Waals surface area contributed by atoms with E-state index in [1.54, 1.807) is 22.8 Å². The Morgan fingerprint density at radius 3 is 2.95 bits per heavy atom. The zero-order valence-electron chi connectivity index (χ0n) is 11.8. The van der Waals surface area contributed by atoms with Crippen molar-refractivity contribution in [3.63, 3.8) is 0 Å². The number of carbonyl (C=O) groups is 2. The molecule has 0 aliphatic carbocycles. The number of carboxylic acid groups (broad SMARTS) is 1. The zero-order chi connectivity index (χ0) is 14.7. The number of nitrogens with zero attached hydrogens (tertiary/aromatic N) is 3. The van der Waals surface area contributed by atoms with Gasteiger partial charge in [0.15, 0.2) is 0 Å². The Labute approximate surface area is 117 Å². The number of aliphatic carboxylic acids is 1. The van der Waals surface area contributed by atoms with Crippen LogP contribution in [-0.2, 0) is 18.3 Å². The summed E-state index contributed by atoms with van der Waals surface area (Å²) in [4.78, 5) is 24.8. The van der Waals surface area contributed by atoms with E-state index in [0.29, 0.717) is 18.7 Å². The number of urea groups is 1. The smallest absolute Gasteiger partial charge is 0.321 e. The maximum Gasteiger partial charge on any atom is 0.321 e. The van der Waals surface area contributed by atoms with Crippen LogP contribution in [0.1, 0.15) is 25.5 Å². The maximum atomic E-state index is 12.2. The Balaban J connectivity index is 2.02. The minimum absolute atomic E-state index is 0.251. The first-order valence-electron chi connectivity index (χ1n) is 6.82. The van der Waals surface area contributed by atoms with E-state index in [1.165, 1.54) is 0 Å². The Morgan fingerprint density at radius 2 is 2.30 bits per heavy atom. The normalized spacial score (nSPS) is 18.9. The average Bonchev–Trinajstić information content (AvgIpc) is 2.78. The lowest BCUT2D eigenvalue weighted by Crippen LogP contribution is -2.44. The quantitative estimate of drug-likeness (QED) is 0.874. The number of piperidine rings is 1. The number of hydrogen-bond donors (Lipinski definition) is 2. The highest BCUT2D eigenvalue weighted by Crippen LogP contribution is 2.19. The van der Waals surface area contributed by atoms with Crippen molar-refractivity contribution in [2.45, 2.75) is 26.2 Å². The van der Waals surface area contributed by atoms with Crippen LogP contribution in [0.2, 0.25) is 0 Å². The summed E-state index contributed by atoms with van der Waals surface area (Å²) in [7, 11) is 1.80. The molecule has 0 unspecified atom stereocenters. The predicted molar refractivity (Wildman–Crippen MR) is 73.5 cm³/mol. The van der Waals surface area contributed by atoms with E-state index >= 15 is 0 Å². The van der Waals surface area contributed by atoms with Gasteiger partial charge < -0.3 is 15.3 Å². The fourth-order valence-electron chi connectivity index (χ4n) is 2.46. The van der Waals surface area contributed by atoms with Gasteiger partial charge in [0.25, 0.3) is 0 Å². The highest BCUT2D eigenvalue weighted by atomic mass is 16.4. The molecule has 1 saturated heterocycles. The lowest BCUT2D eigenvalue weighted by atomic mass is 9.99. The molecule has 1 aliphatic heterocycles. The summed E-state index contributed by atoms with van der Waals surface area (Å²) >= 11 is 0. The third-order valence-electron chi connectivity index (χ3n) is 3.54. The van der Waals surface area contributed by atoms with Gasteiger partial charge in [-0.25, -0.2) is 4.79 Å². The molecule has 2 rings (SSSR count). The first kappa shape index (κ1) is 14.4. The molecule has 7 heteroatoms. The van der Waals surface area contributed by atoms with Crippen LogP contribution in [0.25, 0.3) is 0 Å². The molecule has 7 nitrogen and oxygen atoms in total. The molecule has 1 atom stereocenters. The Kier molecular flexibility index (Phi) is 4.26. The number of anilines is 1. The monoisotopic (exact) mass is 280 g/mol. The van der Waals surface area contributed by atoms with Crippen molar-refractivity contribution in [2.24, 2.45) is 13.0 Å². The number of carboxylic acids is 1. The van der Waals surface area contributed by atoms with Crippen LogP contribution in [0.15, 0.2) is 6.20 Å². The molecule has 0 saturated carbocycles. The van der Waals surface area contributed by atoms with Crippen molar-refractivity contribution >= 4 is 17.7 Å². The highest BCUT2D eigenvalue weighted by molar-refractivity contribution is 5.90.